The Morgan fingerprint density at radius 1 is 1.06 bits per heavy atom. The molecule has 1 saturated carbocycles. The molecule has 0 spiro atoms. The van der Waals surface area contributed by atoms with Crippen molar-refractivity contribution in [2.45, 2.75) is 49.6 Å². The van der Waals surface area contributed by atoms with Gasteiger partial charge in [0.2, 0.25) is 10.0 Å². The van der Waals surface area contributed by atoms with Crippen molar-refractivity contribution < 1.29 is 32.2 Å². The van der Waals surface area contributed by atoms with Crippen LogP contribution < -0.4 is 19.5 Å². The van der Waals surface area contributed by atoms with Crippen LogP contribution in [0.25, 0.3) is 0 Å². The molecular formula is C22H25FN2O6S. The Morgan fingerprint density at radius 3 is 2.50 bits per heavy atom. The van der Waals surface area contributed by atoms with E-state index in [1.54, 1.807) is 13.0 Å². The number of rotatable bonds is 5. The zero-order chi connectivity index (χ0) is 22.9. The van der Waals surface area contributed by atoms with E-state index in [9.17, 15) is 22.7 Å². The number of benzene rings is 2. The second-order valence-corrected chi connectivity index (χ2v) is 9.81. The third-order valence-corrected chi connectivity index (χ3v) is 6.99. The summed E-state index contributed by atoms with van der Waals surface area (Å²) in [5.74, 6) is -0.852. The Balaban J connectivity index is 1.65. The van der Waals surface area contributed by atoms with Crippen LogP contribution in [-0.2, 0) is 10.0 Å². The molecule has 1 aliphatic carbocycles. The standard InChI is InChI=1S/C22H25FN2O6S/c1-13-8-14(23)10-16(9-13)24-22(27)19-11-18(12-20-21(19)31-7-6-30-20)32(28,29)25-15-2-4-17(26)5-3-15/h8-12,15,17,25-26H,2-7H2,1H3,(H,24,27). The highest BCUT2D eigenvalue weighted by Gasteiger charge is 2.29. The van der Waals surface area contributed by atoms with Crippen molar-refractivity contribution in [2.24, 2.45) is 0 Å². The van der Waals surface area contributed by atoms with Gasteiger partial charge in [-0.05, 0) is 62.4 Å². The molecule has 1 heterocycles. The third-order valence-electron chi connectivity index (χ3n) is 5.49. The van der Waals surface area contributed by atoms with E-state index in [1.807, 2.05) is 0 Å². The number of hydrogen-bond donors (Lipinski definition) is 3. The fourth-order valence-electron chi connectivity index (χ4n) is 3.94. The van der Waals surface area contributed by atoms with E-state index in [0.717, 1.165) is 0 Å². The first-order valence-corrected chi connectivity index (χ1v) is 11.9. The molecule has 0 radical (unpaired) electrons. The minimum atomic E-state index is -3.96. The highest BCUT2D eigenvalue weighted by Crippen LogP contribution is 2.37. The summed E-state index contributed by atoms with van der Waals surface area (Å²) in [7, 11) is -3.96. The van der Waals surface area contributed by atoms with Crippen molar-refractivity contribution in [3.05, 3.63) is 47.3 Å². The first kappa shape index (κ1) is 22.5. The van der Waals surface area contributed by atoms with Crippen LogP contribution in [0.3, 0.4) is 0 Å². The van der Waals surface area contributed by atoms with Gasteiger partial charge in [-0.2, -0.15) is 0 Å². The first-order chi connectivity index (χ1) is 15.2. The summed E-state index contributed by atoms with van der Waals surface area (Å²) in [5, 5.41) is 12.2. The highest BCUT2D eigenvalue weighted by atomic mass is 32.2. The minimum absolute atomic E-state index is 0.0245. The number of anilines is 1. The molecule has 2 aromatic carbocycles. The first-order valence-electron chi connectivity index (χ1n) is 10.4. The van der Waals surface area contributed by atoms with Crippen molar-refractivity contribution in [3.8, 4) is 11.5 Å². The molecule has 1 amide bonds. The smallest absolute Gasteiger partial charge is 0.259 e. The van der Waals surface area contributed by atoms with E-state index in [2.05, 4.69) is 10.0 Å². The van der Waals surface area contributed by atoms with Gasteiger partial charge >= 0.3 is 0 Å². The van der Waals surface area contributed by atoms with Crippen molar-refractivity contribution in [2.75, 3.05) is 18.5 Å². The Bertz CT molecular complexity index is 1110. The van der Waals surface area contributed by atoms with Gasteiger partial charge in [0.15, 0.2) is 11.5 Å². The average molecular weight is 465 g/mol. The number of hydrogen-bond acceptors (Lipinski definition) is 6. The average Bonchev–Trinajstić information content (AvgIpc) is 2.73. The van der Waals surface area contributed by atoms with Crippen LogP contribution in [-0.4, -0.2) is 44.8 Å². The molecular weight excluding hydrogens is 439 g/mol. The summed E-state index contributed by atoms with van der Waals surface area (Å²) in [5.41, 5.74) is 0.841. The number of aliphatic hydroxyl groups is 1. The summed E-state index contributed by atoms with van der Waals surface area (Å²) in [4.78, 5) is 12.9. The Kier molecular flexibility index (Phi) is 6.36. The lowest BCUT2D eigenvalue weighted by Crippen LogP contribution is -2.38. The van der Waals surface area contributed by atoms with Gasteiger partial charge in [-0.3, -0.25) is 4.79 Å². The molecule has 172 valence electrons. The Hall–Kier alpha value is -2.69. The zero-order valence-electron chi connectivity index (χ0n) is 17.6. The monoisotopic (exact) mass is 464 g/mol. The SMILES string of the molecule is Cc1cc(F)cc(NC(=O)c2cc(S(=O)(=O)NC3CCC(O)CC3)cc3c2OCCO3)c1. The van der Waals surface area contributed by atoms with Gasteiger partial charge in [-0.25, -0.2) is 17.5 Å². The largest absolute Gasteiger partial charge is 0.486 e. The van der Waals surface area contributed by atoms with E-state index < -0.39 is 27.9 Å². The molecule has 0 bridgehead atoms. The molecule has 0 saturated heterocycles. The molecule has 0 atom stereocenters. The van der Waals surface area contributed by atoms with Crippen molar-refractivity contribution in [1.29, 1.82) is 0 Å². The highest BCUT2D eigenvalue weighted by molar-refractivity contribution is 7.89. The van der Waals surface area contributed by atoms with Crippen LogP contribution in [0.1, 0.15) is 41.6 Å². The molecule has 1 fully saturated rings. The zero-order valence-corrected chi connectivity index (χ0v) is 18.4. The molecule has 10 heteroatoms. The van der Waals surface area contributed by atoms with E-state index in [-0.39, 0.29) is 46.9 Å². The lowest BCUT2D eigenvalue weighted by molar-refractivity contribution is 0.101. The summed E-state index contributed by atoms with van der Waals surface area (Å²) in [6.07, 6.45) is 1.69. The Morgan fingerprint density at radius 2 is 1.78 bits per heavy atom. The predicted molar refractivity (Wildman–Crippen MR) is 115 cm³/mol. The fraction of sp³-hybridized carbons (Fsp3) is 0.409. The van der Waals surface area contributed by atoms with Gasteiger partial charge in [0, 0.05) is 17.8 Å². The minimum Gasteiger partial charge on any atom is -0.486 e. The maximum Gasteiger partial charge on any atom is 0.259 e. The number of halogens is 1. The van der Waals surface area contributed by atoms with Crippen LogP contribution in [0.15, 0.2) is 35.2 Å². The second-order valence-electron chi connectivity index (χ2n) is 8.09. The Labute approximate surface area is 185 Å². The number of amides is 1. The third kappa shape index (κ3) is 5.03. The van der Waals surface area contributed by atoms with Gasteiger partial charge in [-0.15, -0.1) is 0 Å². The van der Waals surface area contributed by atoms with Crippen LogP contribution in [0, 0.1) is 12.7 Å². The number of carbonyl (C=O) groups excluding carboxylic acids is 1. The van der Waals surface area contributed by atoms with Crippen molar-refractivity contribution >= 4 is 21.6 Å². The summed E-state index contributed by atoms with van der Waals surface area (Å²) < 4.78 is 53.6. The number of sulfonamides is 1. The van der Waals surface area contributed by atoms with Crippen molar-refractivity contribution in [3.63, 3.8) is 0 Å². The van der Waals surface area contributed by atoms with Crippen LogP contribution in [0.5, 0.6) is 11.5 Å². The molecule has 8 nitrogen and oxygen atoms in total. The summed E-state index contributed by atoms with van der Waals surface area (Å²) in [6.45, 7) is 2.12. The topological polar surface area (TPSA) is 114 Å². The van der Waals surface area contributed by atoms with Gasteiger partial charge in [-0.1, -0.05) is 0 Å². The molecule has 2 aliphatic rings. The van der Waals surface area contributed by atoms with E-state index in [0.29, 0.717) is 31.2 Å². The number of nitrogens with one attached hydrogen (secondary N) is 2. The normalized spacial score (nSPS) is 20.6. The second kappa shape index (κ2) is 9.05. The maximum absolute atomic E-state index is 13.7. The summed E-state index contributed by atoms with van der Waals surface area (Å²) in [6, 6.07) is 6.37. The number of aliphatic hydroxyl groups excluding tert-OH is 1. The van der Waals surface area contributed by atoms with Gasteiger partial charge in [0.05, 0.1) is 16.6 Å². The number of ether oxygens (including phenoxy) is 2. The summed E-state index contributed by atoms with van der Waals surface area (Å²) >= 11 is 0. The van der Waals surface area contributed by atoms with Gasteiger partial charge < -0.3 is 19.9 Å². The van der Waals surface area contributed by atoms with Crippen molar-refractivity contribution in [1.82, 2.24) is 4.72 Å². The van der Waals surface area contributed by atoms with Crippen LogP contribution in [0.4, 0.5) is 10.1 Å². The maximum atomic E-state index is 13.7. The van der Waals surface area contributed by atoms with E-state index in [1.165, 1.54) is 24.3 Å². The van der Waals surface area contributed by atoms with Gasteiger partial charge in [0.1, 0.15) is 19.0 Å². The molecule has 3 N–H and O–H groups in total. The molecule has 0 unspecified atom stereocenters. The predicted octanol–water partition coefficient (Wildman–Crippen LogP) is 2.74. The molecule has 2 aromatic rings. The number of aryl methyl sites for hydroxylation is 1. The quantitative estimate of drug-likeness (QED) is 0.627. The molecule has 32 heavy (non-hydrogen) atoms. The van der Waals surface area contributed by atoms with E-state index >= 15 is 0 Å². The molecule has 4 rings (SSSR count). The number of fused-ring (bicyclic) bond motifs is 1. The fourth-order valence-corrected chi connectivity index (χ4v) is 5.29. The lowest BCUT2D eigenvalue weighted by atomic mass is 9.94. The van der Waals surface area contributed by atoms with Gasteiger partial charge in [0.25, 0.3) is 5.91 Å². The van der Waals surface area contributed by atoms with Crippen LogP contribution in [0.2, 0.25) is 0 Å². The van der Waals surface area contributed by atoms with Crippen LogP contribution >= 0.6 is 0 Å². The molecule has 1 aliphatic heterocycles. The number of carbonyl (C=O) groups is 1. The van der Waals surface area contributed by atoms with E-state index in [4.69, 9.17) is 9.47 Å². The lowest BCUT2D eigenvalue weighted by Gasteiger charge is -2.26. The molecule has 0 aromatic heterocycles.